The molecule has 0 aromatic heterocycles. The summed E-state index contributed by atoms with van der Waals surface area (Å²) in [6.07, 6.45) is -19.8. The van der Waals surface area contributed by atoms with Crippen molar-refractivity contribution in [3.05, 3.63) is 35.5 Å². The Bertz CT molecular complexity index is 2520. The van der Waals surface area contributed by atoms with Gasteiger partial charge in [0.25, 0.3) is 0 Å². The first kappa shape index (κ1) is 62.8. The molecule has 10 N–H and O–H groups in total. The summed E-state index contributed by atoms with van der Waals surface area (Å²) in [4.78, 5) is 27.4. The molecule has 0 amide bonds. The van der Waals surface area contributed by atoms with Crippen molar-refractivity contribution < 1.29 is 125 Å². The Hall–Kier alpha value is -2.69. The maximum Gasteiger partial charge on any atom is 0.397 e. The molecule has 5 saturated heterocycles. The fourth-order valence-electron chi connectivity index (χ4n) is 15.6. The molecule has 9 rings (SSSR count). The molecule has 5 heterocycles. The quantitative estimate of drug-likeness (QED) is 0.0412. The minimum absolute atomic E-state index is 0.0915. The maximum absolute atomic E-state index is 14.7. The van der Waals surface area contributed by atoms with Gasteiger partial charge in [-0.3, -0.25) is 14.1 Å². The highest BCUT2D eigenvalue weighted by molar-refractivity contribution is 7.80. The number of rotatable bonds is 15. The summed E-state index contributed by atoms with van der Waals surface area (Å²) in [6.45, 7) is 12.7. The highest BCUT2D eigenvalue weighted by Crippen LogP contribution is 2.77. The van der Waals surface area contributed by atoms with E-state index in [-0.39, 0.29) is 24.7 Å². The molecule has 2 unspecified atom stereocenters. The topological polar surface area (TPSA) is 381 Å². The lowest BCUT2D eigenvalue weighted by Gasteiger charge is -2.64. The summed E-state index contributed by atoms with van der Waals surface area (Å²) in [5.74, 6) is -1.33. The Labute approximate surface area is 470 Å². The summed E-state index contributed by atoms with van der Waals surface area (Å²) in [5.41, 5.74) is -5.04. The Balaban J connectivity index is 0.908. The molecular weight excluding hydrogens is 1100 g/mol. The number of methoxy groups -OCH3 is 1. The van der Waals surface area contributed by atoms with Crippen LogP contribution < -0.4 is 0 Å². The minimum Gasteiger partial charge on any atom is -0.459 e. The van der Waals surface area contributed by atoms with E-state index >= 15 is 0 Å². The standard InChI is InChI=1S/C54H82O26S/c1-24(2)11-10-16-52(8)54(65)34(73-25(3)56)19-51(7)27-12-13-32-49(4,5)33(15-17-50(32,6)26(27)14-18-53(51,54)48(64)79-52)76-47-43(37(60)31(23-72-47)80-81(66,67)68)78-44-38(61)35(58)30(22-71-44)75-45-39(62)41(28(57)21-70-45)77-46-40(63)42(69-9)36(59)29(20-55)74-46/h10-12,16,26,28-47,55,57-63,65H,13-15,17-23H2,1-9H3,(H,66,67,68)/b16-10-/t26?,28-,29-,30-,31-,32+,33+,34+,35+,36-,37+,38+,39+,40-,41+,42+,43+,44+,45+,46+,47+,50-,51+,52+,53?,54+/m1/s1. The fourth-order valence-corrected chi connectivity index (χ4v) is 16.1. The fraction of sp³-hybridized carbons (Fsp3) is 0.852. The summed E-state index contributed by atoms with van der Waals surface area (Å²) in [7, 11) is -3.97. The van der Waals surface area contributed by atoms with Gasteiger partial charge in [0.05, 0.1) is 32.5 Å². The van der Waals surface area contributed by atoms with Crippen molar-refractivity contribution in [2.45, 2.75) is 222 Å². The number of hydrogen-bond donors (Lipinski definition) is 10. The Morgan fingerprint density at radius 3 is 2.05 bits per heavy atom. The molecule has 3 saturated carbocycles. The number of hydrogen-bond acceptors (Lipinski definition) is 25. The molecule has 0 aromatic carbocycles. The first-order chi connectivity index (χ1) is 37.8. The second kappa shape index (κ2) is 22.9. The average Bonchev–Trinajstić information content (AvgIpc) is 1.75. The third-order valence-electron chi connectivity index (χ3n) is 19.7. The second-order valence-electron chi connectivity index (χ2n) is 24.9. The van der Waals surface area contributed by atoms with E-state index in [1.54, 1.807) is 19.1 Å². The molecule has 26 nitrogen and oxygen atoms in total. The zero-order valence-corrected chi connectivity index (χ0v) is 47.7. The molecule has 4 aliphatic carbocycles. The molecule has 1 spiro atoms. The number of carbonyl (C=O) groups excluding carboxylic acids is 2. The summed E-state index contributed by atoms with van der Waals surface area (Å²) < 4.78 is 103. The van der Waals surface area contributed by atoms with Gasteiger partial charge in [-0.05, 0) is 88.0 Å². The second-order valence-corrected chi connectivity index (χ2v) is 26.0. The van der Waals surface area contributed by atoms with Crippen LogP contribution in [0.5, 0.6) is 0 Å². The van der Waals surface area contributed by atoms with Crippen molar-refractivity contribution in [3.8, 4) is 0 Å². The molecule has 27 heteroatoms. The molecule has 0 radical (unpaired) electrons. The third-order valence-corrected chi connectivity index (χ3v) is 20.2. The van der Waals surface area contributed by atoms with Gasteiger partial charge in [-0.25, -0.2) is 4.18 Å². The van der Waals surface area contributed by atoms with Crippen molar-refractivity contribution in [3.63, 3.8) is 0 Å². The van der Waals surface area contributed by atoms with E-state index in [9.17, 15) is 68.5 Å². The first-order valence-corrected chi connectivity index (χ1v) is 29.0. The van der Waals surface area contributed by atoms with Crippen LogP contribution in [0.2, 0.25) is 0 Å². The Morgan fingerprint density at radius 1 is 0.753 bits per heavy atom. The number of allylic oxidation sites excluding steroid dienone is 5. The predicted molar refractivity (Wildman–Crippen MR) is 272 cm³/mol. The summed E-state index contributed by atoms with van der Waals surface area (Å²) in [6, 6.07) is 0. The van der Waals surface area contributed by atoms with Gasteiger partial charge >= 0.3 is 22.3 Å². The van der Waals surface area contributed by atoms with Gasteiger partial charge in [-0.2, -0.15) is 8.42 Å². The maximum atomic E-state index is 14.7. The number of carbonyl (C=O) groups is 2. The van der Waals surface area contributed by atoms with E-state index < -0.39 is 198 Å². The van der Waals surface area contributed by atoms with Gasteiger partial charge in [-0.15, -0.1) is 0 Å². The van der Waals surface area contributed by atoms with Gasteiger partial charge in [0.2, 0.25) is 0 Å². The van der Waals surface area contributed by atoms with Crippen LogP contribution in [0.1, 0.15) is 93.9 Å². The lowest BCUT2D eigenvalue weighted by molar-refractivity contribution is -0.373. The van der Waals surface area contributed by atoms with Crippen molar-refractivity contribution in [1.29, 1.82) is 0 Å². The van der Waals surface area contributed by atoms with E-state index in [1.165, 1.54) is 14.0 Å². The Kier molecular flexibility index (Phi) is 17.7. The normalized spacial score (nSPS) is 49.6. The average molecular weight is 1180 g/mol. The smallest absolute Gasteiger partial charge is 0.397 e. The Morgan fingerprint density at radius 2 is 1.40 bits per heavy atom. The van der Waals surface area contributed by atoms with Crippen LogP contribution >= 0.6 is 0 Å². The number of esters is 2. The van der Waals surface area contributed by atoms with Crippen LogP contribution in [0.3, 0.4) is 0 Å². The molecule has 5 aliphatic heterocycles. The lowest BCUT2D eigenvalue weighted by atomic mass is 9.40. The van der Waals surface area contributed by atoms with Crippen LogP contribution in [0.15, 0.2) is 35.5 Å². The monoisotopic (exact) mass is 1180 g/mol. The van der Waals surface area contributed by atoms with Crippen LogP contribution in [-0.2, 0) is 76.3 Å². The number of cyclic esters (lactones) is 1. The van der Waals surface area contributed by atoms with Crippen molar-refractivity contribution in [2.24, 2.45) is 33.5 Å². The first-order valence-electron chi connectivity index (χ1n) is 27.7. The highest BCUT2D eigenvalue weighted by Gasteiger charge is 2.87. The number of aliphatic hydroxyl groups is 9. The predicted octanol–water partition coefficient (Wildman–Crippen LogP) is -0.878. The van der Waals surface area contributed by atoms with Crippen molar-refractivity contribution in [2.75, 3.05) is 33.5 Å². The number of ether oxygens (including phenoxy) is 11. The third kappa shape index (κ3) is 10.5. The van der Waals surface area contributed by atoms with Crippen molar-refractivity contribution >= 4 is 22.3 Å². The SMILES string of the molecule is CO[C@@H]1[C@@H](O)[C@H](O[C@@H]2[C@H](O)[C@H](O[C@@H]3CO[C@@H](O[C@@H]4[C@H](O[C@H]5CC[C@]6(C)C7CCC89C(=O)O[C@@](C)(/C=C\C=C(C)C)[C@@]8(O)[C@@H](OC(C)=O)C[C@@]9(C)C7=CC[C@H]6C5(C)C)OC[C@@H](OS(=O)(=O)O)[C@@H]4O)[C@@H](O)[C@H]3O)OC[C@H]2O)O[C@H](CO)[C@H]1O. The molecule has 26 atom stereocenters. The summed E-state index contributed by atoms with van der Waals surface area (Å²) in [5, 5.41) is 101. The molecule has 460 valence electrons. The lowest BCUT2D eigenvalue weighted by Crippen LogP contribution is -2.66. The van der Waals surface area contributed by atoms with E-state index in [1.807, 2.05) is 40.7 Å². The molecule has 8 fully saturated rings. The van der Waals surface area contributed by atoms with E-state index in [4.69, 9.17) is 56.3 Å². The van der Waals surface area contributed by atoms with Gasteiger partial charge in [0.1, 0.15) is 90.9 Å². The van der Waals surface area contributed by atoms with Crippen LogP contribution in [0.4, 0.5) is 0 Å². The van der Waals surface area contributed by atoms with Crippen LogP contribution in [0, 0.1) is 33.5 Å². The molecule has 81 heavy (non-hydrogen) atoms. The number of aliphatic hydroxyl groups excluding tert-OH is 8. The van der Waals surface area contributed by atoms with Crippen molar-refractivity contribution in [1.82, 2.24) is 0 Å². The van der Waals surface area contributed by atoms with E-state index in [0.717, 1.165) is 11.1 Å². The minimum atomic E-state index is -5.17. The summed E-state index contributed by atoms with van der Waals surface area (Å²) >= 11 is 0. The van der Waals surface area contributed by atoms with Gasteiger partial charge in [-0.1, -0.05) is 57.1 Å². The van der Waals surface area contributed by atoms with Crippen LogP contribution in [-0.4, -0.2) is 232 Å². The zero-order chi connectivity index (χ0) is 59.3. The number of fused-ring (bicyclic) bond motifs is 4. The molecule has 9 aliphatic rings. The van der Waals surface area contributed by atoms with E-state index in [2.05, 4.69) is 13.0 Å². The van der Waals surface area contributed by atoms with Gasteiger partial charge < -0.3 is 98.1 Å². The van der Waals surface area contributed by atoms with Crippen LogP contribution in [0.25, 0.3) is 0 Å². The van der Waals surface area contributed by atoms with Gasteiger partial charge in [0, 0.05) is 19.4 Å². The zero-order valence-electron chi connectivity index (χ0n) is 46.9. The molecule has 0 aromatic rings. The van der Waals surface area contributed by atoms with Gasteiger partial charge in [0.15, 0.2) is 36.4 Å². The molecular formula is C54H82O26S. The van der Waals surface area contributed by atoms with E-state index in [0.29, 0.717) is 25.7 Å². The molecule has 0 bridgehead atoms. The highest BCUT2D eigenvalue weighted by atomic mass is 32.3. The largest absolute Gasteiger partial charge is 0.459 e.